The van der Waals surface area contributed by atoms with E-state index in [4.69, 9.17) is 0 Å². The number of carbonyl (C=O) groups is 1. The fourth-order valence-electron chi connectivity index (χ4n) is 1.73. The summed E-state index contributed by atoms with van der Waals surface area (Å²) in [5.74, 6) is -0.0591. The van der Waals surface area contributed by atoms with E-state index in [0.717, 1.165) is 27.2 Å². The number of nitrogens with one attached hydrogen (secondary N) is 1. The van der Waals surface area contributed by atoms with Gasteiger partial charge in [0.1, 0.15) is 5.03 Å². The maximum atomic E-state index is 12.2. The summed E-state index contributed by atoms with van der Waals surface area (Å²) in [6.07, 6.45) is 3.76. The average Bonchev–Trinajstić information content (AvgIpc) is 2.50. The molecule has 1 aromatic carbocycles. The maximum absolute atomic E-state index is 12.2. The number of unbranched alkanes of at least 4 members (excludes halogenated alkanes) is 1. The minimum absolute atomic E-state index is 0.0591. The normalized spacial score (nSPS) is 10.4. The Morgan fingerprint density at radius 3 is 2.76 bits per heavy atom. The van der Waals surface area contributed by atoms with Crippen molar-refractivity contribution in [3.63, 3.8) is 0 Å². The summed E-state index contributed by atoms with van der Waals surface area (Å²) in [7, 11) is 0. The van der Waals surface area contributed by atoms with E-state index >= 15 is 0 Å². The van der Waals surface area contributed by atoms with E-state index in [1.165, 1.54) is 11.8 Å². The Labute approximate surface area is 137 Å². The van der Waals surface area contributed by atoms with Crippen molar-refractivity contribution < 1.29 is 4.79 Å². The second-order valence-corrected chi connectivity index (χ2v) is 6.50. The van der Waals surface area contributed by atoms with Crippen molar-refractivity contribution in [1.29, 1.82) is 0 Å². The van der Waals surface area contributed by atoms with Gasteiger partial charge in [-0.25, -0.2) is 4.98 Å². The molecule has 1 N–H and O–H groups in total. The molecule has 1 heterocycles. The molecule has 2 aromatic rings. The maximum Gasteiger partial charge on any atom is 0.254 e. The van der Waals surface area contributed by atoms with Crippen molar-refractivity contribution in [1.82, 2.24) is 10.3 Å². The first kappa shape index (κ1) is 16.0. The zero-order chi connectivity index (χ0) is 15.1. The lowest BCUT2D eigenvalue weighted by Gasteiger charge is -2.08. The number of carbonyl (C=O) groups excluding carboxylic acids is 1. The molecule has 110 valence electrons. The largest absolute Gasteiger partial charge is 0.352 e. The van der Waals surface area contributed by atoms with E-state index in [-0.39, 0.29) is 5.91 Å². The summed E-state index contributed by atoms with van der Waals surface area (Å²) in [5, 5.41) is 3.67. The third-order valence-electron chi connectivity index (χ3n) is 2.86. The van der Waals surface area contributed by atoms with Crippen LogP contribution in [0.2, 0.25) is 0 Å². The summed E-state index contributed by atoms with van der Waals surface area (Å²) in [6, 6.07) is 11.6. The minimum Gasteiger partial charge on any atom is -0.352 e. The van der Waals surface area contributed by atoms with Crippen LogP contribution < -0.4 is 5.32 Å². The topological polar surface area (TPSA) is 42.0 Å². The van der Waals surface area contributed by atoms with Crippen LogP contribution in [0.15, 0.2) is 57.0 Å². The van der Waals surface area contributed by atoms with Gasteiger partial charge in [0, 0.05) is 22.1 Å². The van der Waals surface area contributed by atoms with E-state index in [9.17, 15) is 4.79 Å². The lowest BCUT2D eigenvalue weighted by molar-refractivity contribution is 0.0949. The van der Waals surface area contributed by atoms with Crippen LogP contribution >= 0.6 is 27.7 Å². The molecular weight excluding hydrogens is 348 g/mol. The number of halogens is 1. The minimum atomic E-state index is -0.0591. The molecule has 0 saturated heterocycles. The molecule has 0 aliphatic heterocycles. The lowest BCUT2D eigenvalue weighted by Crippen LogP contribution is -2.25. The highest BCUT2D eigenvalue weighted by atomic mass is 79.9. The molecular formula is C16H17BrN2OS. The Kier molecular flexibility index (Phi) is 6.26. The highest BCUT2D eigenvalue weighted by molar-refractivity contribution is 9.10. The zero-order valence-electron chi connectivity index (χ0n) is 11.8. The third-order valence-corrected chi connectivity index (χ3v) is 4.42. The first-order valence-electron chi connectivity index (χ1n) is 6.87. The second-order valence-electron chi connectivity index (χ2n) is 4.52. The van der Waals surface area contributed by atoms with Gasteiger partial charge >= 0.3 is 0 Å². The summed E-state index contributed by atoms with van der Waals surface area (Å²) in [6.45, 7) is 2.80. The monoisotopic (exact) mass is 364 g/mol. The Bertz CT molecular complexity index is 601. The zero-order valence-corrected chi connectivity index (χ0v) is 14.2. The Balaban J connectivity index is 2.12. The van der Waals surface area contributed by atoms with E-state index < -0.39 is 0 Å². The summed E-state index contributed by atoms with van der Waals surface area (Å²) < 4.78 is 1.03. The molecule has 0 atom stereocenters. The van der Waals surface area contributed by atoms with Gasteiger partial charge in [-0.2, -0.15) is 0 Å². The van der Waals surface area contributed by atoms with Gasteiger partial charge in [0.2, 0.25) is 0 Å². The van der Waals surface area contributed by atoms with E-state index in [1.807, 2.05) is 30.3 Å². The number of hydrogen-bond acceptors (Lipinski definition) is 3. The Hall–Kier alpha value is -1.33. The number of rotatable bonds is 6. The molecule has 1 amide bonds. The average molecular weight is 365 g/mol. The van der Waals surface area contributed by atoms with Crippen molar-refractivity contribution in [2.45, 2.75) is 29.7 Å². The van der Waals surface area contributed by atoms with Crippen LogP contribution in [-0.4, -0.2) is 17.4 Å². The number of benzene rings is 1. The first-order valence-corrected chi connectivity index (χ1v) is 8.48. The molecule has 0 spiro atoms. The van der Waals surface area contributed by atoms with Gasteiger partial charge in [0.25, 0.3) is 5.91 Å². The van der Waals surface area contributed by atoms with Crippen molar-refractivity contribution >= 4 is 33.6 Å². The Morgan fingerprint density at radius 2 is 2.05 bits per heavy atom. The van der Waals surface area contributed by atoms with Gasteiger partial charge in [-0.3, -0.25) is 4.79 Å². The van der Waals surface area contributed by atoms with Gasteiger partial charge < -0.3 is 5.32 Å². The van der Waals surface area contributed by atoms with Gasteiger partial charge in [-0.1, -0.05) is 41.0 Å². The van der Waals surface area contributed by atoms with Gasteiger partial charge in [0.05, 0.1) is 5.56 Å². The standard InChI is InChI=1S/C16H17BrN2OS/c1-2-3-10-18-15(20)14-5-4-11-19-16(14)21-13-8-6-12(17)7-9-13/h4-9,11H,2-3,10H2,1H3,(H,18,20). The first-order chi connectivity index (χ1) is 10.2. The molecule has 0 bridgehead atoms. The molecule has 0 aliphatic carbocycles. The summed E-state index contributed by atoms with van der Waals surface area (Å²) in [5.41, 5.74) is 0.626. The second kappa shape index (κ2) is 8.20. The molecule has 0 unspecified atom stereocenters. The van der Waals surface area contributed by atoms with Gasteiger partial charge in [-0.05, 0) is 42.8 Å². The number of aromatic nitrogens is 1. The third kappa shape index (κ3) is 4.86. The molecule has 1 aromatic heterocycles. The number of hydrogen-bond donors (Lipinski definition) is 1. The molecule has 0 fully saturated rings. The molecule has 0 saturated carbocycles. The van der Waals surface area contributed by atoms with Crippen molar-refractivity contribution in [2.75, 3.05) is 6.54 Å². The fourth-order valence-corrected chi connectivity index (χ4v) is 2.88. The molecule has 5 heteroatoms. The highest BCUT2D eigenvalue weighted by Crippen LogP contribution is 2.29. The number of pyridine rings is 1. The van der Waals surface area contributed by atoms with Crippen molar-refractivity contribution in [2.24, 2.45) is 0 Å². The lowest BCUT2D eigenvalue weighted by atomic mass is 10.2. The van der Waals surface area contributed by atoms with Crippen molar-refractivity contribution in [3.8, 4) is 0 Å². The molecule has 0 radical (unpaired) electrons. The molecule has 3 nitrogen and oxygen atoms in total. The van der Waals surface area contributed by atoms with Crippen LogP contribution in [0.3, 0.4) is 0 Å². The number of amides is 1. The highest BCUT2D eigenvalue weighted by Gasteiger charge is 2.12. The van der Waals surface area contributed by atoms with Crippen LogP contribution in [0.4, 0.5) is 0 Å². The van der Waals surface area contributed by atoms with E-state index in [0.29, 0.717) is 12.1 Å². The summed E-state index contributed by atoms with van der Waals surface area (Å²) in [4.78, 5) is 17.6. The van der Waals surface area contributed by atoms with Crippen LogP contribution in [-0.2, 0) is 0 Å². The fraction of sp³-hybridized carbons (Fsp3) is 0.250. The van der Waals surface area contributed by atoms with Crippen LogP contribution in [0.1, 0.15) is 30.1 Å². The van der Waals surface area contributed by atoms with Crippen molar-refractivity contribution in [3.05, 3.63) is 52.6 Å². The summed E-state index contributed by atoms with van der Waals surface area (Å²) >= 11 is 4.91. The van der Waals surface area contributed by atoms with Crippen LogP contribution in [0.25, 0.3) is 0 Å². The predicted octanol–water partition coefficient (Wildman–Crippen LogP) is 4.53. The smallest absolute Gasteiger partial charge is 0.254 e. The van der Waals surface area contributed by atoms with Crippen LogP contribution in [0, 0.1) is 0 Å². The SMILES string of the molecule is CCCCNC(=O)c1cccnc1Sc1ccc(Br)cc1. The predicted molar refractivity (Wildman–Crippen MR) is 89.7 cm³/mol. The quantitative estimate of drug-likeness (QED) is 0.765. The van der Waals surface area contributed by atoms with Gasteiger partial charge in [-0.15, -0.1) is 0 Å². The van der Waals surface area contributed by atoms with Gasteiger partial charge in [0.15, 0.2) is 0 Å². The molecule has 0 aliphatic rings. The van der Waals surface area contributed by atoms with Crippen LogP contribution in [0.5, 0.6) is 0 Å². The van der Waals surface area contributed by atoms with E-state index in [2.05, 4.69) is 33.2 Å². The molecule has 21 heavy (non-hydrogen) atoms. The Morgan fingerprint density at radius 1 is 1.29 bits per heavy atom. The molecule has 2 rings (SSSR count). The number of nitrogens with zero attached hydrogens (tertiary/aromatic N) is 1. The van der Waals surface area contributed by atoms with E-state index in [1.54, 1.807) is 12.3 Å².